The molecule has 2 heterocycles. The van der Waals surface area contributed by atoms with Crippen molar-refractivity contribution < 1.29 is 4.74 Å². The third-order valence-electron chi connectivity index (χ3n) is 5.31. The highest BCUT2D eigenvalue weighted by Gasteiger charge is 2.21. The van der Waals surface area contributed by atoms with Gasteiger partial charge in [0.1, 0.15) is 23.9 Å². The number of nitrogens with zero attached hydrogens (tertiary/aromatic N) is 4. The summed E-state index contributed by atoms with van der Waals surface area (Å²) >= 11 is 12.3. The van der Waals surface area contributed by atoms with Gasteiger partial charge in [-0.25, -0.2) is 9.98 Å². The summed E-state index contributed by atoms with van der Waals surface area (Å²) in [7, 11) is 0. The van der Waals surface area contributed by atoms with Crippen molar-refractivity contribution in [3.63, 3.8) is 0 Å². The highest BCUT2D eigenvalue weighted by atomic mass is 35.5. The van der Waals surface area contributed by atoms with E-state index in [-0.39, 0.29) is 11.8 Å². The van der Waals surface area contributed by atoms with Gasteiger partial charge >= 0.3 is 0 Å². The van der Waals surface area contributed by atoms with Gasteiger partial charge in [-0.3, -0.25) is 0 Å². The number of imidazole rings is 1. The molecule has 1 aliphatic heterocycles. The number of ether oxygens (including phenoxy) is 1. The summed E-state index contributed by atoms with van der Waals surface area (Å²) in [4.78, 5) is 13.6. The minimum absolute atomic E-state index is 0.120. The molecule has 34 heavy (non-hydrogen) atoms. The summed E-state index contributed by atoms with van der Waals surface area (Å²) in [5.74, 6) is 1.64. The lowest BCUT2D eigenvalue weighted by atomic mass is 10.0. The maximum Gasteiger partial charge on any atom is 0.192 e. The Hall–Kier alpha value is -3.81. The van der Waals surface area contributed by atoms with Crippen LogP contribution in [0.2, 0.25) is 10.0 Å². The van der Waals surface area contributed by atoms with Crippen LogP contribution in [0.5, 0.6) is 5.75 Å². The standard InChI is InChI=1S/C25H20Cl2N6O/c26-17-8-5-15(6-9-17)16-7-10-18-22(13-16)34-12-11-33-14-21(31-24(18)33)23(32-25(28)29)30-20-4-2-1-3-19(20)27/h1-10,13-14H,11-12H2,(H4,28,29,30,32). The second-order valence-electron chi connectivity index (χ2n) is 7.63. The first-order valence-corrected chi connectivity index (χ1v) is 11.3. The van der Waals surface area contributed by atoms with E-state index < -0.39 is 0 Å². The van der Waals surface area contributed by atoms with E-state index in [1.54, 1.807) is 12.1 Å². The first-order chi connectivity index (χ1) is 16.5. The highest BCUT2D eigenvalue weighted by Crippen LogP contribution is 2.36. The third-order valence-corrected chi connectivity index (χ3v) is 5.88. The zero-order valence-electron chi connectivity index (χ0n) is 18.0. The van der Waals surface area contributed by atoms with Crippen LogP contribution in [0.25, 0.3) is 22.5 Å². The minimum atomic E-state index is -0.120. The van der Waals surface area contributed by atoms with Crippen LogP contribution in [0.4, 0.5) is 5.69 Å². The summed E-state index contributed by atoms with van der Waals surface area (Å²) in [6, 6.07) is 20.9. The molecule has 0 amide bonds. The van der Waals surface area contributed by atoms with Crippen molar-refractivity contribution in [3.05, 3.63) is 88.7 Å². The Bertz CT molecular complexity index is 1420. The number of halogens is 2. The molecule has 0 spiro atoms. The topological polar surface area (TPSA) is 104 Å². The molecule has 0 fully saturated rings. The molecule has 4 aromatic rings. The molecule has 0 aliphatic carbocycles. The van der Waals surface area contributed by atoms with Gasteiger partial charge < -0.3 is 20.8 Å². The molecular weight excluding hydrogens is 471 g/mol. The molecule has 0 saturated heterocycles. The summed E-state index contributed by atoms with van der Waals surface area (Å²) in [5, 5.41) is 1.18. The number of hydrogen-bond acceptors (Lipinski definition) is 3. The third kappa shape index (κ3) is 4.48. The van der Waals surface area contributed by atoms with Crippen LogP contribution >= 0.6 is 23.2 Å². The summed E-state index contributed by atoms with van der Waals surface area (Å²) < 4.78 is 8.06. The van der Waals surface area contributed by atoms with Crippen LogP contribution in [0, 0.1) is 0 Å². The summed E-state index contributed by atoms with van der Waals surface area (Å²) in [5.41, 5.74) is 15.4. The van der Waals surface area contributed by atoms with Gasteiger partial charge in [0.15, 0.2) is 11.8 Å². The van der Waals surface area contributed by atoms with E-state index in [4.69, 9.17) is 44.4 Å². The Labute approximate surface area is 206 Å². The predicted octanol–water partition coefficient (Wildman–Crippen LogP) is 5.27. The number of aliphatic imine (C=N–C) groups is 2. The number of aromatic nitrogens is 2. The Morgan fingerprint density at radius 3 is 2.50 bits per heavy atom. The molecule has 0 bridgehead atoms. The molecule has 9 heteroatoms. The van der Waals surface area contributed by atoms with E-state index in [2.05, 4.69) is 9.98 Å². The van der Waals surface area contributed by atoms with E-state index >= 15 is 0 Å². The van der Waals surface area contributed by atoms with Crippen LogP contribution in [0.1, 0.15) is 5.69 Å². The van der Waals surface area contributed by atoms with Gasteiger partial charge in [0.2, 0.25) is 0 Å². The second-order valence-corrected chi connectivity index (χ2v) is 8.48. The zero-order valence-corrected chi connectivity index (χ0v) is 19.5. The van der Waals surface area contributed by atoms with Gasteiger partial charge in [-0.1, -0.05) is 53.5 Å². The molecule has 0 radical (unpaired) electrons. The van der Waals surface area contributed by atoms with Crippen LogP contribution in [-0.4, -0.2) is 28.0 Å². The van der Waals surface area contributed by atoms with Crippen molar-refractivity contribution in [3.8, 4) is 28.3 Å². The fourth-order valence-corrected chi connectivity index (χ4v) is 4.03. The van der Waals surface area contributed by atoms with Gasteiger partial charge in [-0.2, -0.15) is 4.99 Å². The largest absolute Gasteiger partial charge is 0.491 e. The average Bonchev–Trinajstić information content (AvgIpc) is 3.16. The lowest BCUT2D eigenvalue weighted by Gasteiger charge is -2.09. The van der Waals surface area contributed by atoms with Crippen molar-refractivity contribution in [1.82, 2.24) is 9.55 Å². The second kappa shape index (κ2) is 9.21. The maximum absolute atomic E-state index is 6.29. The number of para-hydroxylation sites is 1. The van der Waals surface area contributed by atoms with Gasteiger partial charge in [0, 0.05) is 11.2 Å². The molecule has 1 aliphatic rings. The zero-order chi connectivity index (χ0) is 23.7. The van der Waals surface area contributed by atoms with Crippen LogP contribution < -0.4 is 16.2 Å². The predicted molar refractivity (Wildman–Crippen MR) is 137 cm³/mol. The van der Waals surface area contributed by atoms with Crippen molar-refractivity contribution in [1.29, 1.82) is 0 Å². The van der Waals surface area contributed by atoms with Crippen LogP contribution in [-0.2, 0) is 6.54 Å². The minimum Gasteiger partial charge on any atom is -0.491 e. The van der Waals surface area contributed by atoms with Crippen molar-refractivity contribution in [2.75, 3.05) is 6.61 Å². The SMILES string of the molecule is NC(N)=NC(=Nc1ccccc1Cl)c1cn2c(n1)-c1ccc(-c3ccc(Cl)cc3)cc1OCC2. The molecule has 3 aromatic carbocycles. The molecule has 4 N–H and O–H groups in total. The molecule has 7 nitrogen and oxygen atoms in total. The molecule has 0 unspecified atom stereocenters. The number of nitrogens with two attached hydrogens (primary N) is 2. The van der Waals surface area contributed by atoms with Gasteiger partial charge in [0.05, 0.1) is 22.8 Å². The number of hydrogen-bond donors (Lipinski definition) is 2. The Balaban J connectivity index is 1.58. The molecule has 5 rings (SSSR count). The van der Waals surface area contributed by atoms with E-state index in [9.17, 15) is 0 Å². The smallest absolute Gasteiger partial charge is 0.192 e. The highest BCUT2D eigenvalue weighted by molar-refractivity contribution is 6.33. The van der Waals surface area contributed by atoms with E-state index in [1.807, 2.05) is 65.4 Å². The van der Waals surface area contributed by atoms with E-state index in [0.29, 0.717) is 34.6 Å². The molecule has 170 valence electrons. The lowest BCUT2D eigenvalue weighted by Crippen LogP contribution is -2.24. The summed E-state index contributed by atoms with van der Waals surface area (Å²) in [6.45, 7) is 1.09. The molecule has 1 aromatic heterocycles. The number of fused-ring (bicyclic) bond motifs is 3. The molecule has 0 saturated carbocycles. The lowest BCUT2D eigenvalue weighted by molar-refractivity contribution is 0.307. The van der Waals surface area contributed by atoms with Gasteiger partial charge in [0.25, 0.3) is 0 Å². The fourth-order valence-electron chi connectivity index (χ4n) is 3.73. The normalized spacial score (nSPS) is 12.8. The molecule has 0 atom stereocenters. The first-order valence-electron chi connectivity index (χ1n) is 10.5. The number of rotatable bonds is 3. The molecular formula is C25H20Cl2N6O. The van der Waals surface area contributed by atoms with Gasteiger partial charge in [-0.15, -0.1) is 0 Å². The van der Waals surface area contributed by atoms with Crippen LogP contribution in [0.3, 0.4) is 0 Å². The fraction of sp³-hybridized carbons (Fsp3) is 0.0800. The van der Waals surface area contributed by atoms with Crippen molar-refractivity contribution >= 4 is 40.7 Å². The number of amidine groups is 1. The van der Waals surface area contributed by atoms with E-state index in [0.717, 1.165) is 28.3 Å². The average molecular weight is 491 g/mol. The quantitative estimate of drug-likeness (QED) is 0.301. The van der Waals surface area contributed by atoms with Crippen molar-refractivity contribution in [2.24, 2.45) is 21.5 Å². The first kappa shape index (κ1) is 22.0. The van der Waals surface area contributed by atoms with Crippen molar-refractivity contribution in [2.45, 2.75) is 6.54 Å². The number of benzene rings is 3. The maximum atomic E-state index is 6.29. The van der Waals surface area contributed by atoms with Crippen LogP contribution in [0.15, 0.2) is 82.9 Å². The Morgan fingerprint density at radius 2 is 1.74 bits per heavy atom. The Morgan fingerprint density at radius 1 is 0.971 bits per heavy atom. The monoisotopic (exact) mass is 490 g/mol. The summed E-state index contributed by atoms with van der Waals surface area (Å²) in [6.07, 6.45) is 1.86. The van der Waals surface area contributed by atoms with E-state index in [1.165, 1.54) is 0 Å². The Kier molecular flexibility index (Phi) is 5.96. The van der Waals surface area contributed by atoms with Gasteiger partial charge in [-0.05, 0) is 47.5 Å². The number of guanidine groups is 1.